The number of hydrogen-bond acceptors (Lipinski definition) is 4. The highest BCUT2D eigenvalue weighted by atomic mass is 19.1. The van der Waals surface area contributed by atoms with Gasteiger partial charge in [-0.05, 0) is 25.1 Å². The van der Waals surface area contributed by atoms with Crippen LogP contribution in [0.5, 0.6) is 0 Å². The summed E-state index contributed by atoms with van der Waals surface area (Å²) in [5.41, 5.74) is 1.64. The molecule has 0 saturated carbocycles. The van der Waals surface area contributed by atoms with Crippen LogP contribution in [0.1, 0.15) is 24.7 Å². The number of ether oxygens (including phenoxy) is 1. The fourth-order valence-corrected chi connectivity index (χ4v) is 1.80. The number of halogens is 1. The number of aliphatic hydroxyl groups excluding tert-OH is 1. The largest absolute Gasteiger partial charge is 0.395 e. The molecule has 1 N–H and O–H groups in total. The van der Waals surface area contributed by atoms with E-state index in [1.807, 2.05) is 18.2 Å². The Balaban J connectivity index is 2.58. The second-order valence-corrected chi connectivity index (χ2v) is 4.08. The molecule has 0 fully saturated rings. The van der Waals surface area contributed by atoms with Crippen molar-refractivity contribution in [2.24, 2.45) is 0 Å². The lowest BCUT2D eigenvalue weighted by Crippen LogP contribution is -2.27. The van der Waals surface area contributed by atoms with Crippen LogP contribution in [-0.2, 0) is 17.9 Å². The van der Waals surface area contributed by atoms with Crippen LogP contribution in [0.15, 0.2) is 18.2 Å². The van der Waals surface area contributed by atoms with Crippen molar-refractivity contribution in [1.29, 1.82) is 0 Å². The highest BCUT2D eigenvalue weighted by Gasteiger charge is 2.06. The van der Waals surface area contributed by atoms with Gasteiger partial charge in [0.05, 0.1) is 24.6 Å². The number of nitrogens with zero attached hydrogens (tertiary/aromatic N) is 2. The molecule has 0 aliphatic heterocycles. The average molecular weight is 256 g/mol. The van der Waals surface area contributed by atoms with Gasteiger partial charge < -0.3 is 9.84 Å². The molecule has 102 valence electrons. The molecule has 0 unspecified atom stereocenters. The van der Waals surface area contributed by atoms with Gasteiger partial charge in [0, 0.05) is 13.1 Å². The molecule has 0 aliphatic rings. The standard InChI is InChI=1S/C13H21FN2O2/c1-2-6-16(7-8-17)9-12-4-3-5-13(15-12)10-18-11-14/h3-5,17H,2,6-11H2,1H3. The Hall–Kier alpha value is -1.04. The molecule has 1 aromatic heterocycles. The summed E-state index contributed by atoms with van der Waals surface area (Å²) in [4.78, 5) is 6.54. The molecular weight excluding hydrogens is 235 g/mol. The Morgan fingerprint density at radius 3 is 2.78 bits per heavy atom. The number of hydrogen-bond donors (Lipinski definition) is 1. The summed E-state index contributed by atoms with van der Waals surface area (Å²) in [6, 6.07) is 5.64. The zero-order chi connectivity index (χ0) is 13.2. The summed E-state index contributed by atoms with van der Waals surface area (Å²) >= 11 is 0. The van der Waals surface area contributed by atoms with Gasteiger partial charge in [0.2, 0.25) is 0 Å². The molecule has 0 bridgehead atoms. The van der Waals surface area contributed by atoms with Crippen LogP contribution in [0.2, 0.25) is 0 Å². The van der Waals surface area contributed by atoms with Crippen molar-refractivity contribution in [3.63, 3.8) is 0 Å². The molecule has 18 heavy (non-hydrogen) atoms. The summed E-state index contributed by atoms with van der Waals surface area (Å²) < 4.78 is 16.6. The topological polar surface area (TPSA) is 45.6 Å². The summed E-state index contributed by atoms with van der Waals surface area (Å²) in [6.07, 6.45) is 1.03. The van der Waals surface area contributed by atoms with E-state index in [0.29, 0.717) is 13.1 Å². The minimum Gasteiger partial charge on any atom is -0.395 e. The van der Waals surface area contributed by atoms with Crippen LogP contribution in [0.25, 0.3) is 0 Å². The number of pyridine rings is 1. The third-order valence-corrected chi connectivity index (χ3v) is 2.53. The van der Waals surface area contributed by atoms with Crippen LogP contribution in [0, 0.1) is 0 Å². The lowest BCUT2D eigenvalue weighted by atomic mass is 10.2. The maximum Gasteiger partial charge on any atom is 0.188 e. The van der Waals surface area contributed by atoms with E-state index < -0.39 is 6.86 Å². The van der Waals surface area contributed by atoms with E-state index in [1.54, 1.807) is 0 Å². The molecule has 1 heterocycles. The minimum absolute atomic E-state index is 0.144. The molecule has 0 aromatic carbocycles. The van der Waals surface area contributed by atoms with Crippen LogP contribution in [0.3, 0.4) is 0 Å². The van der Waals surface area contributed by atoms with E-state index in [1.165, 1.54) is 0 Å². The number of aliphatic hydroxyl groups is 1. The van der Waals surface area contributed by atoms with Crippen LogP contribution in [0.4, 0.5) is 4.39 Å². The van der Waals surface area contributed by atoms with Crippen molar-refractivity contribution in [2.45, 2.75) is 26.5 Å². The first-order chi connectivity index (χ1) is 8.80. The lowest BCUT2D eigenvalue weighted by molar-refractivity contribution is 0.0443. The average Bonchev–Trinajstić information content (AvgIpc) is 2.37. The molecule has 0 radical (unpaired) electrons. The van der Waals surface area contributed by atoms with Crippen molar-refractivity contribution in [2.75, 3.05) is 26.6 Å². The van der Waals surface area contributed by atoms with E-state index in [4.69, 9.17) is 9.84 Å². The van der Waals surface area contributed by atoms with Gasteiger partial charge in [-0.3, -0.25) is 9.88 Å². The summed E-state index contributed by atoms with van der Waals surface area (Å²) in [7, 11) is 0. The highest BCUT2D eigenvalue weighted by molar-refractivity contribution is 5.10. The first-order valence-corrected chi connectivity index (χ1v) is 6.21. The fourth-order valence-electron chi connectivity index (χ4n) is 1.80. The van der Waals surface area contributed by atoms with E-state index >= 15 is 0 Å². The third-order valence-electron chi connectivity index (χ3n) is 2.53. The molecule has 5 heteroatoms. The maximum atomic E-state index is 11.9. The van der Waals surface area contributed by atoms with Crippen LogP contribution in [-0.4, -0.2) is 41.5 Å². The van der Waals surface area contributed by atoms with Crippen LogP contribution >= 0.6 is 0 Å². The molecule has 4 nitrogen and oxygen atoms in total. The first-order valence-electron chi connectivity index (χ1n) is 6.21. The summed E-state index contributed by atoms with van der Waals surface area (Å²) in [5.74, 6) is 0. The highest BCUT2D eigenvalue weighted by Crippen LogP contribution is 2.05. The van der Waals surface area contributed by atoms with E-state index in [2.05, 4.69) is 16.8 Å². The maximum absolute atomic E-state index is 11.9. The van der Waals surface area contributed by atoms with Gasteiger partial charge in [-0.1, -0.05) is 13.0 Å². The predicted molar refractivity (Wildman–Crippen MR) is 67.7 cm³/mol. The van der Waals surface area contributed by atoms with Gasteiger partial charge in [0.1, 0.15) is 0 Å². The van der Waals surface area contributed by atoms with Gasteiger partial charge in [-0.25, -0.2) is 4.39 Å². The van der Waals surface area contributed by atoms with Gasteiger partial charge in [0.25, 0.3) is 0 Å². The predicted octanol–water partition coefficient (Wildman–Crippen LogP) is 1.73. The Labute approximate surface area is 107 Å². The molecule has 1 aromatic rings. The van der Waals surface area contributed by atoms with Gasteiger partial charge >= 0.3 is 0 Å². The fraction of sp³-hybridized carbons (Fsp3) is 0.615. The van der Waals surface area contributed by atoms with Crippen molar-refractivity contribution < 1.29 is 14.2 Å². The zero-order valence-corrected chi connectivity index (χ0v) is 10.8. The molecule has 0 spiro atoms. The number of aromatic nitrogens is 1. The SMILES string of the molecule is CCCN(CCO)Cc1cccc(COCF)n1. The Morgan fingerprint density at radius 2 is 2.11 bits per heavy atom. The van der Waals surface area contributed by atoms with E-state index in [-0.39, 0.29) is 13.2 Å². The Kier molecular flexibility index (Phi) is 7.48. The number of rotatable bonds is 9. The Bertz CT molecular complexity index is 331. The van der Waals surface area contributed by atoms with Crippen molar-refractivity contribution >= 4 is 0 Å². The second-order valence-electron chi connectivity index (χ2n) is 4.08. The minimum atomic E-state index is -0.793. The zero-order valence-electron chi connectivity index (χ0n) is 10.8. The smallest absolute Gasteiger partial charge is 0.188 e. The molecule has 0 saturated heterocycles. The lowest BCUT2D eigenvalue weighted by Gasteiger charge is -2.20. The second kappa shape index (κ2) is 8.97. The molecule has 0 amide bonds. The van der Waals surface area contributed by atoms with Gasteiger partial charge in [-0.2, -0.15) is 0 Å². The van der Waals surface area contributed by atoms with Crippen LogP contribution < -0.4 is 0 Å². The molecular formula is C13H21FN2O2. The molecule has 0 atom stereocenters. The van der Waals surface area contributed by atoms with Gasteiger partial charge in [0.15, 0.2) is 6.86 Å². The molecule has 1 rings (SSSR count). The van der Waals surface area contributed by atoms with Crippen molar-refractivity contribution in [3.8, 4) is 0 Å². The van der Waals surface area contributed by atoms with Gasteiger partial charge in [-0.15, -0.1) is 0 Å². The molecule has 0 aliphatic carbocycles. The quantitative estimate of drug-likeness (QED) is 0.731. The van der Waals surface area contributed by atoms with Crippen molar-refractivity contribution in [3.05, 3.63) is 29.6 Å². The monoisotopic (exact) mass is 256 g/mol. The third kappa shape index (κ3) is 5.53. The number of alkyl halides is 1. The normalized spacial score (nSPS) is 11.1. The summed E-state index contributed by atoms with van der Waals surface area (Å²) in [5, 5.41) is 8.99. The Morgan fingerprint density at radius 1 is 1.33 bits per heavy atom. The first kappa shape index (κ1) is 15.0. The van der Waals surface area contributed by atoms with E-state index in [9.17, 15) is 4.39 Å². The van der Waals surface area contributed by atoms with Crippen molar-refractivity contribution in [1.82, 2.24) is 9.88 Å². The summed E-state index contributed by atoms with van der Waals surface area (Å²) in [6.45, 7) is 3.90. The van der Waals surface area contributed by atoms with E-state index in [0.717, 1.165) is 24.4 Å².